The van der Waals surface area contributed by atoms with Gasteiger partial charge in [0.1, 0.15) is 0 Å². The van der Waals surface area contributed by atoms with E-state index < -0.39 is 0 Å². The second kappa shape index (κ2) is 6.22. The van der Waals surface area contributed by atoms with Gasteiger partial charge < -0.3 is 14.5 Å². The summed E-state index contributed by atoms with van der Waals surface area (Å²) in [7, 11) is 1.30. The highest BCUT2D eigenvalue weighted by molar-refractivity contribution is 5.92. The molecule has 0 bridgehead atoms. The molecule has 0 aromatic rings. The standard InChI is InChI=1S/C11H18N2O4/c1-3-5-12-7-10(15)13(8-9(12)14)6-4-11(16)17-2/h3-8H2,1-2H3. The van der Waals surface area contributed by atoms with Crippen LogP contribution in [0, 0.1) is 0 Å². The molecular formula is C11H18N2O4. The molecule has 96 valence electrons. The number of hydrogen-bond acceptors (Lipinski definition) is 4. The van der Waals surface area contributed by atoms with Crippen LogP contribution in [0.25, 0.3) is 0 Å². The summed E-state index contributed by atoms with van der Waals surface area (Å²) in [6, 6.07) is 0. The van der Waals surface area contributed by atoms with Gasteiger partial charge in [0.05, 0.1) is 26.6 Å². The molecule has 0 aromatic carbocycles. The van der Waals surface area contributed by atoms with Crippen molar-refractivity contribution in [2.75, 3.05) is 33.3 Å². The molecule has 0 N–H and O–H groups in total. The highest BCUT2D eigenvalue weighted by Crippen LogP contribution is 2.06. The Morgan fingerprint density at radius 2 is 1.71 bits per heavy atom. The molecule has 0 unspecified atom stereocenters. The van der Waals surface area contributed by atoms with Crippen LogP contribution in [0.2, 0.25) is 0 Å². The number of ether oxygens (including phenoxy) is 1. The number of piperazine rings is 1. The lowest BCUT2D eigenvalue weighted by Gasteiger charge is -2.33. The number of carbonyl (C=O) groups excluding carboxylic acids is 3. The number of methoxy groups -OCH3 is 1. The van der Waals surface area contributed by atoms with Crippen molar-refractivity contribution in [2.45, 2.75) is 19.8 Å². The van der Waals surface area contributed by atoms with E-state index in [-0.39, 0.29) is 43.8 Å². The molecule has 0 radical (unpaired) electrons. The van der Waals surface area contributed by atoms with Gasteiger partial charge in [0.25, 0.3) is 0 Å². The second-order valence-electron chi connectivity index (χ2n) is 3.96. The van der Waals surface area contributed by atoms with Crippen LogP contribution in [0.5, 0.6) is 0 Å². The summed E-state index contributed by atoms with van der Waals surface area (Å²) in [5.74, 6) is -0.542. The predicted octanol–water partition coefficient (Wildman–Crippen LogP) is -0.370. The van der Waals surface area contributed by atoms with Gasteiger partial charge in [-0.2, -0.15) is 0 Å². The van der Waals surface area contributed by atoms with Gasteiger partial charge in [-0.25, -0.2) is 0 Å². The van der Waals surface area contributed by atoms with Crippen LogP contribution in [0.3, 0.4) is 0 Å². The van der Waals surface area contributed by atoms with Gasteiger partial charge in [0.2, 0.25) is 11.8 Å². The molecule has 1 fully saturated rings. The van der Waals surface area contributed by atoms with Gasteiger partial charge in [0, 0.05) is 13.1 Å². The molecule has 1 heterocycles. The van der Waals surface area contributed by atoms with Crippen molar-refractivity contribution in [1.29, 1.82) is 0 Å². The zero-order valence-corrected chi connectivity index (χ0v) is 10.3. The summed E-state index contributed by atoms with van der Waals surface area (Å²) in [4.78, 5) is 37.3. The minimum absolute atomic E-state index is 0.0590. The average molecular weight is 242 g/mol. The highest BCUT2D eigenvalue weighted by atomic mass is 16.5. The summed E-state index contributed by atoms with van der Waals surface area (Å²) >= 11 is 0. The van der Waals surface area contributed by atoms with Crippen LogP contribution in [-0.2, 0) is 19.1 Å². The number of amides is 2. The lowest BCUT2D eigenvalue weighted by molar-refractivity contribution is -0.151. The van der Waals surface area contributed by atoms with Crippen LogP contribution in [-0.4, -0.2) is 60.9 Å². The Balaban J connectivity index is 2.46. The Labute approximate surface area is 101 Å². The van der Waals surface area contributed by atoms with Gasteiger partial charge >= 0.3 is 5.97 Å². The number of carbonyl (C=O) groups is 3. The summed E-state index contributed by atoms with van der Waals surface area (Å²) in [6.07, 6.45) is 0.963. The Bertz CT molecular complexity index is 317. The van der Waals surface area contributed by atoms with E-state index in [1.165, 1.54) is 12.0 Å². The molecule has 1 saturated heterocycles. The fourth-order valence-electron chi connectivity index (χ4n) is 1.71. The van der Waals surface area contributed by atoms with Crippen LogP contribution >= 0.6 is 0 Å². The van der Waals surface area contributed by atoms with Crippen LogP contribution < -0.4 is 0 Å². The molecule has 17 heavy (non-hydrogen) atoms. The molecule has 0 saturated carbocycles. The maximum Gasteiger partial charge on any atom is 0.307 e. The first-order valence-corrected chi connectivity index (χ1v) is 5.70. The van der Waals surface area contributed by atoms with E-state index in [0.717, 1.165) is 6.42 Å². The molecule has 6 heteroatoms. The number of nitrogens with zero attached hydrogens (tertiary/aromatic N) is 2. The maximum atomic E-state index is 11.7. The van der Waals surface area contributed by atoms with E-state index in [9.17, 15) is 14.4 Å². The number of hydrogen-bond donors (Lipinski definition) is 0. The Morgan fingerprint density at radius 3 is 2.18 bits per heavy atom. The van der Waals surface area contributed by atoms with Gasteiger partial charge in [-0.3, -0.25) is 14.4 Å². The second-order valence-corrected chi connectivity index (χ2v) is 3.96. The lowest BCUT2D eigenvalue weighted by atomic mass is 10.2. The molecule has 0 aliphatic carbocycles. The van der Waals surface area contributed by atoms with Gasteiger partial charge in [-0.1, -0.05) is 6.92 Å². The minimum atomic E-state index is -0.374. The fourth-order valence-corrected chi connectivity index (χ4v) is 1.71. The number of rotatable bonds is 5. The molecule has 0 spiro atoms. The summed E-state index contributed by atoms with van der Waals surface area (Å²) in [5.41, 5.74) is 0. The SMILES string of the molecule is CCCN1CC(=O)N(CCC(=O)OC)CC1=O. The van der Waals surface area contributed by atoms with Crippen molar-refractivity contribution in [3.05, 3.63) is 0 Å². The summed E-state index contributed by atoms with van der Waals surface area (Å²) in [5, 5.41) is 0. The third kappa shape index (κ3) is 3.72. The Hall–Kier alpha value is -1.59. The summed E-state index contributed by atoms with van der Waals surface area (Å²) < 4.78 is 4.49. The average Bonchev–Trinajstić information content (AvgIpc) is 2.31. The molecule has 2 amide bonds. The van der Waals surface area contributed by atoms with Crippen LogP contribution in [0.4, 0.5) is 0 Å². The van der Waals surface area contributed by atoms with Crippen molar-refractivity contribution in [1.82, 2.24) is 9.80 Å². The van der Waals surface area contributed by atoms with Gasteiger partial charge in [0.15, 0.2) is 0 Å². The van der Waals surface area contributed by atoms with Crippen molar-refractivity contribution < 1.29 is 19.1 Å². The third-order valence-electron chi connectivity index (χ3n) is 2.66. The molecular weight excluding hydrogens is 224 g/mol. The van der Waals surface area contributed by atoms with Gasteiger partial charge in [-0.15, -0.1) is 0 Å². The smallest absolute Gasteiger partial charge is 0.307 e. The third-order valence-corrected chi connectivity index (χ3v) is 2.66. The maximum absolute atomic E-state index is 11.7. The quantitative estimate of drug-likeness (QED) is 0.617. The highest BCUT2D eigenvalue weighted by Gasteiger charge is 2.29. The van der Waals surface area contributed by atoms with E-state index in [2.05, 4.69) is 4.74 Å². The zero-order chi connectivity index (χ0) is 12.8. The monoisotopic (exact) mass is 242 g/mol. The first-order valence-electron chi connectivity index (χ1n) is 5.70. The molecule has 0 aromatic heterocycles. The van der Waals surface area contributed by atoms with Crippen LogP contribution in [0.1, 0.15) is 19.8 Å². The van der Waals surface area contributed by atoms with Crippen molar-refractivity contribution in [2.24, 2.45) is 0 Å². The minimum Gasteiger partial charge on any atom is -0.469 e. The normalized spacial score (nSPS) is 16.4. The Kier molecular flexibility index (Phi) is 4.93. The number of esters is 1. The van der Waals surface area contributed by atoms with E-state index in [0.29, 0.717) is 6.54 Å². The van der Waals surface area contributed by atoms with E-state index in [1.807, 2.05) is 6.92 Å². The topological polar surface area (TPSA) is 66.9 Å². The van der Waals surface area contributed by atoms with E-state index >= 15 is 0 Å². The molecule has 1 rings (SSSR count). The molecule has 1 aliphatic heterocycles. The lowest BCUT2D eigenvalue weighted by Crippen LogP contribution is -2.54. The van der Waals surface area contributed by atoms with Crippen molar-refractivity contribution >= 4 is 17.8 Å². The first kappa shape index (κ1) is 13.5. The molecule has 1 aliphatic rings. The molecule has 6 nitrogen and oxygen atoms in total. The Morgan fingerprint density at radius 1 is 1.18 bits per heavy atom. The van der Waals surface area contributed by atoms with E-state index in [1.54, 1.807) is 4.90 Å². The van der Waals surface area contributed by atoms with Crippen molar-refractivity contribution in [3.8, 4) is 0 Å². The fraction of sp³-hybridized carbons (Fsp3) is 0.727. The molecule has 0 atom stereocenters. The van der Waals surface area contributed by atoms with E-state index in [4.69, 9.17) is 0 Å². The zero-order valence-electron chi connectivity index (χ0n) is 10.3. The van der Waals surface area contributed by atoms with Crippen molar-refractivity contribution in [3.63, 3.8) is 0 Å². The largest absolute Gasteiger partial charge is 0.469 e. The first-order chi connectivity index (χ1) is 8.08. The van der Waals surface area contributed by atoms with Crippen LogP contribution in [0.15, 0.2) is 0 Å². The van der Waals surface area contributed by atoms with Gasteiger partial charge in [-0.05, 0) is 6.42 Å². The summed E-state index contributed by atoms with van der Waals surface area (Å²) in [6.45, 7) is 3.00. The predicted molar refractivity (Wildman–Crippen MR) is 60.1 cm³/mol.